The summed E-state index contributed by atoms with van der Waals surface area (Å²) in [5.74, 6) is 0. The monoisotopic (exact) mass is 261 g/mol. The number of benzene rings is 1. The van der Waals surface area contributed by atoms with Gasteiger partial charge >= 0.3 is 0 Å². The van der Waals surface area contributed by atoms with Crippen molar-refractivity contribution in [2.45, 2.75) is 13.5 Å². The van der Waals surface area contributed by atoms with Crippen molar-refractivity contribution in [1.82, 2.24) is 9.97 Å². The molecule has 0 saturated heterocycles. The first-order valence-corrected chi connectivity index (χ1v) is 6.58. The molecule has 3 nitrogen and oxygen atoms in total. The summed E-state index contributed by atoms with van der Waals surface area (Å²) >= 11 is 0. The first kappa shape index (κ1) is 12.5. The molecular weight excluding hydrogens is 246 g/mol. The van der Waals surface area contributed by atoms with Gasteiger partial charge in [-0.1, -0.05) is 18.2 Å². The van der Waals surface area contributed by atoms with Gasteiger partial charge in [-0.25, -0.2) is 0 Å². The highest BCUT2D eigenvalue weighted by Gasteiger charge is 2.01. The Morgan fingerprint density at radius 3 is 2.75 bits per heavy atom. The average Bonchev–Trinajstić information content (AvgIpc) is 2.48. The maximum absolute atomic E-state index is 4.64. The molecule has 3 heteroatoms. The van der Waals surface area contributed by atoms with E-state index in [1.54, 1.807) is 12.4 Å². The van der Waals surface area contributed by atoms with E-state index in [0.29, 0.717) is 6.54 Å². The Morgan fingerprint density at radius 2 is 1.90 bits per heavy atom. The molecule has 0 atom stereocenters. The van der Waals surface area contributed by atoms with Gasteiger partial charge in [0.25, 0.3) is 0 Å². The Balaban J connectivity index is 1.83. The molecule has 0 aliphatic rings. The van der Waals surface area contributed by atoms with Crippen molar-refractivity contribution >= 4 is 17.1 Å². The zero-order valence-corrected chi connectivity index (χ0v) is 11.3. The molecule has 0 N–H and O–H groups in total. The number of aromatic nitrogens is 2. The third-order valence-corrected chi connectivity index (χ3v) is 3.18. The molecule has 0 fully saturated rings. The first-order valence-electron chi connectivity index (χ1n) is 6.58. The Bertz CT molecular complexity index is 749. The maximum atomic E-state index is 4.64. The number of hydrogen-bond acceptors (Lipinski definition) is 3. The summed E-state index contributed by atoms with van der Waals surface area (Å²) in [7, 11) is 0. The molecule has 0 aliphatic carbocycles. The van der Waals surface area contributed by atoms with Crippen molar-refractivity contribution in [2.24, 2.45) is 4.99 Å². The van der Waals surface area contributed by atoms with Crippen LogP contribution in [-0.2, 0) is 6.54 Å². The van der Waals surface area contributed by atoms with Crippen LogP contribution >= 0.6 is 0 Å². The lowest BCUT2D eigenvalue weighted by atomic mass is 10.1. The molecule has 0 unspecified atom stereocenters. The molecule has 0 radical (unpaired) electrons. The predicted octanol–water partition coefficient (Wildman–Crippen LogP) is 3.56. The largest absolute Gasteiger partial charge is 0.286 e. The first-order chi connectivity index (χ1) is 9.83. The molecular formula is C17H15N3. The van der Waals surface area contributed by atoms with Crippen LogP contribution in [0.1, 0.15) is 16.8 Å². The van der Waals surface area contributed by atoms with E-state index in [9.17, 15) is 0 Å². The summed E-state index contributed by atoms with van der Waals surface area (Å²) in [4.78, 5) is 13.1. The molecule has 3 rings (SSSR count). The third-order valence-electron chi connectivity index (χ3n) is 3.18. The lowest BCUT2D eigenvalue weighted by Crippen LogP contribution is -1.92. The predicted molar refractivity (Wildman–Crippen MR) is 82.0 cm³/mol. The van der Waals surface area contributed by atoms with Crippen LogP contribution < -0.4 is 0 Å². The fraction of sp³-hybridized carbons (Fsp3) is 0.118. The second-order valence-corrected chi connectivity index (χ2v) is 4.70. The molecule has 0 amide bonds. The fourth-order valence-corrected chi connectivity index (χ4v) is 2.19. The molecule has 0 bridgehead atoms. The minimum Gasteiger partial charge on any atom is -0.286 e. The van der Waals surface area contributed by atoms with E-state index in [4.69, 9.17) is 0 Å². The van der Waals surface area contributed by atoms with E-state index in [1.807, 2.05) is 36.5 Å². The lowest BCUT2D eigenvalue weighted by Gasteiger charge is -2.04. The standard InChI is InChI=1S/C17H15N3/c1-13-10-15(20-17-5-3-2-4-16(13)17)12-19-11-14-6-8-18-9-7-14/h2-11H,12H2,1H3. The van der Waals surface area contributed by atoms with Gasteiger partial charge in [0.15, 0.2) is 0 Å². The quantitative estimate of drug-likeness (QED) is 0.676. The number of rotatable bonds is 3. The van der Waals surface area contributed by atoms with E-state index >= 15 is 0 Å². The molecule has 2 aromatic heterocycles. The van der Waals surface area contributed by atoms with Gasteiger partial charge in [0, 0.05) is 24.0 Å². The number of pyridine rings is 2. The number of hydrogen-bond donors (Lipinski definition) is 0. The van der Waals surface area contributed by atoms with Crippen LogP contribution in [0, 0.1) is 6.92 Å². The van der Waals surface area contributed by atoms with Crippen molar-refractivity contribution in [3.8, 4) is 0 Å². The van der Waals surface area contributed by atoms with Crippen LogP contribution in [0.4, 0.5) is 0 Å². The van der Waals surface area contributed by atoms with Gasteiger partial charge in [-0.05, 0) is 42.3 Å². The zero-order chi connectivity index (χ0) is 13.8. The number of aryl methyl sites for hydroxylation is 1. The van der Waals surface area contributed by atoms with Gasteiger partial charge in [0.1, 0.15) is 0 Å². The molecule has 3 aromatic rings. The normalized spacial score (nSPS) is 11.2. The minimum absolute atomic E-state index is 0.591. The van der Waals surface area contributed by atoms with Crippen molar-refractivity contribution in [1.29, 1.82) is 0 Å². The second kappa shape index (κ2) is 5.61. The molecule has 20 heavy (non-hydrogen) atoms. The molecule has 0 spiro atoms. The zero-order valence-electron chi connectivity index (χ0n) is 11.3. The summed E-state index contributed by atoms with van der Waals surface area (Å²) in [6.07, 6.45) is 5.38. The Hall–Kier alpha value is -2.55. The van der Waals surface area contributed by atoms with Crippen LogP contribution in [0.3, 0.4) is 0 Å². The van der Waals surface area contributed by atoms with Gasteiger partial charge in [-0.3, -0.25) is 15.0 Å². The molecule has 0 saturated carbocycles. The fourth-order valence-electron chi connectivity index (χ4n) is 2.19. The summed E-state index contributed by atoms with van der Waals surface area (Å²) in [6, 6.07) is 14.2. The highest BCUT2D eigenvalue weighted by molar-refractivity contribution is 5.82. The SMILES string of the molecule is Cc1cc(CN=Cc2ccncc2)nc2ccccc12. The molecule has 98 valence electrons. The summed E-state index contributed by atoms with van der Waals surface area (Å²) in [5.41, 5.74) is 4.32. The van der Waals surface area contributed by atoms with E-state index in [-0.39, 0.29) is 0 Å². The Kier molecular flexibility index (Phi) is 3.50. The Morgan fingerprint density at radius 1 is 1.10 bits per heavy atom. The van der Waals surface area contributed by atoms with Crippen LogP contribution in [0.2, 0.25) is 0 Å². The summed E-state index contributed by atoms with van der Waals surface area (Å²) < 4.78 is 0. The topological polar surface area (TPSA) is 38.1 Å². The van der Waals surface area contributed by atoms with E-state index in [0.717, 1.165) is 16.8 Å². The number of para-hydroxylation sites is 1. The Labute approximate surface area is 118 Å². The molecule has 0 aliphatic heterocycles. The molecule has 1 aromatic carbocycles. The van der Waals surface area contributed by atoms with Crippen molar-refractivity contribution in [2.75, 3.05) is 0 Å². The molecule has 2 heterocycles. The summed E-state index contributed by atoms with van der Waals surface area (Å²) in [5, 5.41) is 1.20. The third kappa shape index (κ3) is 2.72. The van der Waals surface area contributed by atoms with Gasteiger partial charge < -0.3 is 0 Å². The summed E-state index contributed by atoms with van der Waals surface area (Å²) in [6.45, 7) is 2.70. The van der Waals surface area contributed by atoms with E-state index in [1.165, 1.54) is 10.9 Å². The number of nitrogens with zero attached hydrogens (tertiary/aromatic N) is 3. The highest BCUT2D eigenvalue weighted by atomic mass is 14.8. The second-order valence-electron chi connectivity index (χ2n) is 4.70. The number of aliphatic imine (C=N–C) groups is 1. The lowest BCUT2D eigenvalue weighted by molar-refractivity contribution is 1.01. The van der Waals surface area contributed by atoms with Crippen molar-refractivity contribution < 1.29 is 0 Å². The van der Waals surface area contributed by atoms with Crippen LogP contribution in [0.15, 0.2) is 59.9 Å². The van der Waals surface area contributed by atoms with E-state index < -0.39 is 0 Å². The van der Waals surface area contributed by atoms with E-state index in [2.05, 4.69) is 34.0 Å². The number of fused-ring (bicyclic) bond motifs is 1. The van der Waals surface area contributed by atoms with Gasteiger partial charge in [-0.2, -0.15) is 0 Å². The average molecular weight is 261 g/mol. The van der Waals surface area contributed by atoms with Gasteiger partial charge in [0.2, 0.25) is 0 Å². The van der Waals surface area contributed by atoms with Gasteiger partial charge in [0.05, 0.1) is 17.8 Å². The van der Waals surface area contributed by atoms with Crippen molar-refractivity contribution in [3.05, 3.63) is 71.7 Å². The van der Waals surface area contributed by atoms with Crippen LogP contribution in [0.5, 0.6) is 0 Å². The maximum Gasteiger partial charge on any atom is 0.0812 e. The van der Waals surface area contributed by atoms with Crippen LogP contribution in [0.25, 0.3) is 10.9 Å². The smallest absolute Gasteiger partial charge is 0.0812 e. The highest BCUT2D eigenvalue weighted by Crippen LogP contribution is 2.17. The van der Waals surface area contributed by atoms with Crippen molar-refractivity contribution in [3.63, 3.8) is 0 Å². The minimum atomic E-state index is 0.591. The van der Waals surface area contributed by atoms with Crippen LogP contribution in [-0.4, -0.2) is 16.2 Å². The van der Waals surface area contributed by atoms with Gasteiger partial charge in [-0.15, -0.1) is 0 Å².